The highest BCUT2D eigenvalue weighted by Gasteiger charge is 2.22. The lowest BCUT2D eigenvalue weighted by Gasteiger charge is -2.16. The van der Waals surface area contributed by atoms with Crippen LogP contribution >= 0.6 is 12.4 Å². The van der Waals surface area contributed by atoms with Crippen LogP contribution in [-0.4, -0.2) is 23.9 Å². The Labute approximate surface area is 115 Å². The molecule has 0 radical (unpaired) electrons. The Kier molecular flexibility index (Phi) is 5.48. The van der Waals surface area contributed by atoms with E-state index in [0.717, 1.165) is 37.2 Å². The maximum Gasteiger partial charge on any atom is 0.222 e. The van der Waals surface area contributed by atoms with E-state index in [-0.39, 0.29) is 18.3 Å². The van der Waals surface area contributed by atoms with Crippen molar-refractivity contribution < 1.29 is 4.79 Å². The molecule has 1 atom stereocenters. The van der Waals surface area contributed by atoms with E-state index in [1.807, 2.05) is 29.2 Å². The number of rotatable bonds is 3. The molecule has 1 aliphatic heterocycles. The van der Waals surface area contributed by atoms with E-state index >= 15 is 0 Å². The van der Waals surface area contributed by atoms with E-state index in [9.17, 15) is 4.79 Å². The topological polar surface area (TPSA) is 46.3 Å². The van der Waals surface area contributed by atoms with Crippen molar-refractivity contribution in [2.75, 3.05) is 18.8 Å². The third-order valence-electron chi connectivity index (χ3n) is 3.44. The number of nitrogens with two attached hydrogens (primary N) is 1. The molecule has 1 amide bonds. The Balaban J connectivity index is 0.00000162. The molecule has 4 heteroatoms. The molecule has 3 nitrogen and oxygen atoms in total. The molecule has 1 heterocycles. The number of halogens is 1. The minimum Gasteiger partial charge on any atom is -0.399 e. The summed E-state index contributed by atoms with van der Waals surface area (Å²) in [6.45, 7) is 4.04. The van der Waals surface area contributed by atoms with Crippen LogP contribution in [0.15, 0.2) is 24.3 Å². The maximum absolute atomic E-state index is 12.0. The van der Waals surface area contributed by atoms with E-state index in [1.54, 1.807) is 0 Å². The molecule has 2 rings (SSSR count). The van der Waals surface area contributed by atoms with Crippen molar-refractivity contribution in [2.45, 2.75) is 26.2 Å². The van der Waals surface area contributed by atoms with Crippen LogP contribution in [0, 0.1) is 5.92 Å². The van der Waals surface area contributed by atoms with Gasteiger partial charge in [-0.1, -0.05) is 25.1 Å². The number of hydrogen-bond donors (Lipinski definition) is 1. The molecule has 1 saturated heterocycles. The summed E-state index contributed by atoms with van der Waals surface area (Å²) in [6.07, 6.45) is 2.45. The van der Waals surface area contributed by atoms with Gasteiger partial charge in [0.05, 0.1) is 0 Å². The van der Waals surface area contributed by atoms with Crippen LogP contribution in [0.3, 0.4) is 0 Å². The van der Waals surface area contributed by atoms with Gasteiger partial charge >= 0.3 is 0 Å². The summed E-state index contributed by atoms with van der Waals surface area (Å²) in [5, 5.41) is 0. The van der Waals surface area contributed by atoms with E-state index in [2.05, 4.69) is 6.92 Å². The Morgan fingerprint density at radius 3 is 2.78 bits per heavy atom. The molecule has 100 valence electrons. The number of benzene rings is 1. The number of nitrogen functional groups attached to an aromatic ring is 1. The molecule has 1 unspecified atom stereocenters. The summed E-state index contributed by atoms with van der Waals surface area (Å²) >= 11 is 0. The Bertz CT molecular complexity index is 409. The maximum atomic E-state index is 12.0. The third kappa shape index (κ3) is 3.64. The average molecular weight is 269 g/mol. The normalized spacial score (nSPS) is 18.5. The van der Waals surface area contributed by atoms with Gasteiger partial charge in [-0.15, -0.1) is 12.4 Å². The van der Waals surface area contributed by atoms with Crippen LogP contribution in [0.2, 0.25) is 0 Å². The van der Waals surface area contributed by atoms with Crippen LogP contribution in [0.1, 0.15) is 25.3 Å². The molecule has 0 bridgehead atoms. The largest absolute Gasteiger partial charge is 0.399 e. The van der Waals surface area contributed by atoms with E-state index in [1.165, 1.54) is 0 Å². The summed E-state index contributed by atoms with van der Waals surface area (Å²) in [5.41, 5.74) is 7.72. The first-order valence-corrected chi connectivity index (χ1v) is 6.28. The molecular formula is C14H21ClN2O. The number of amides is 1. The van der Waals surface area contributed by atoms with Crippen molar-refractivity contribution in [3.8, 4) is 0 Å². The zero-order valence-corrected chi connectivity index (χ0v) is 11.6. The number of anilines is 1. The zero-order valence-electron chi connectivity index (χ0n) is 10.8. The molecule has 18 heavy (non-hydrogen) atoms. The molecule has 0 spiro atoms. The number of likely N-dealkylation sites (tertiary alicyclic amines) is 1. The van der Waals surface area contributed by atoms with E-state index < -0.39 is 0 Å². The SMILES string of the molecule is CC1CCN(C(=O)CCc2ccccc2N)C1.Cl. The highest BCUT2D eigenvalue weighted by Crippen LogP contribution is 2.18. The van der Waals surface area contributed by atoms with Crippen molar-refractivity contribution in [1.29, 1.82) is 0 Å². The fourth-order valence-electron chi connectivity index (χ4n) is 2.32. The van der Waals surface area contributed by atoms with Gasteiger partial charge in [-0.3, -0.25) is 4.79 Å². The monoisotopic (exact) mass is 268 g/mol. The molecule has 1 aliphatic rings. The second kappa shape index (κ2) is 6.64. The molecule has 1 aromatic carbocycles. The molecule has 0 saturated carbocycles. The van der Waals surface area contributed by atoms with Crippen molar-refractivity contribution >= 4 is 24.0 Å². The highest BCUT2D eigenvalue weighted by molar-refractivity contribution is 5.85. The van der Waals surface area contributed by atoms with Gasteiger partial charge in [0, 0.05) is 25.2 Å². The van der Waals surface area contributed by atoms with Crippen molar-refractivity contribution in [2.24, 2.45) is 5.92 Å². The van der Waals surface area contributed by atoms with Crippen molar-refractivity contribution in [3.63, 3.8) is 0 Å². The number of carbonyl (C=O) groups is 1. The van der Waals surface area contributed by atoms with Gasteiger partial charge in [-0.25, -0.2) is 0 Å². The minimum absolute atomic E-state index is 0. The summed E-state index contributed by atoms with van der Waals surface area (Å²) in [5.74, 6) is 0.915. The summed E-state index contributed by atoms with van der Waals surface area (Å²) in [7, 11) is 0. The quantitative estimate of drug-likeness (QED) is 0.856. The van der Waals surface area contributed by atoms with Crippen LogP contribution in [0.5, 0.6) is 0 Å². The van der Waals surface area contributed by atoms with Crippen LogP contribution in [0.25, 0.3) is 0 Å². The number of hydrogen-bond acceptors (Lipinski definition) is 2. The van der Waals surface area contributed by atoms with Gasteiger partial charge < -0.3 is 10.6 Å². The second-order valence-corrected chi connectivity index (χ2v) is 4.93. The number of para-hydroxylation sites is 1. The van der Waals surface area contributed by atoms with Crippen molar-refractivity contribution in [1.82, 2.24) is 4.90 Å². The zero-order chi connectivity index (χ0) is 12.3. The van der Waals surface area contributed by atoms with Gasteiger partial charge in [0.25, 0.3) is 0 Å². The number of aryl methyl sites for hydroxylation is 1. The molecule has 2 N–H and O–H groups in total. The molecule has 0 aromatic heterocycles. The smallest absolute Gasteiger partial charge is 0.222 e. The van der Waals surface area contributed by atoms with Gasteiger partial charge in [0.1, 0.15) is 0 Å². The summed E-state index contributed by atoms with van der Waals surface area (Å²) in [6, 6.07) is 7.77. The first kappa shape index (κ1) is 14.8. The number of nitrogens with zero attached hydrogens (tertiary/aromatic N) is 1. The first-order valence-electron chi connectivity index (χ1n) is 6.28. The highest BCUT2D eigenvalue weighted by atomic mass is 35.5. The number of carbonyl (C=O) groups excluding carboxylic acids is 1. The van der Waals surface area contributed by atoms with E-state index in [4.69, 9.17) is 5.73 Å². The van der Waals surface area contributed by atoms with Gasteiger partial charge in [-0.2, -0.15) is 0 Å². The molecule has 0 aliphatic carbocycles. The van der Waals surface area contributed by atoms with Crippen LogP contribution in [0.4, 0.5) is 5.69 Å². The van der Waals surface area contributed by atoms with Gasteiger partial charge in [-0.05, 0) is 30.4 Å². The predicted molar refractivity (Wildman–Crippen MR) is 76.8 cm³/mol. The Morgan fingerprint density at radius 1 is 1.44 bits per heavy atom. The molecular weight excluding hydrogens is 248 g/mol. The fraction of sp³-hybridized carbons (Fsp3) is 0.500. The Morgan fingerprint density at radius 2 is 2.17 bits per heavy atom. The van der Waals surface area contributed by atoms with Gasteiger partial charge in [0.2, 0.25) is 5.91 Å². The van der Waals surface area contributed by atoms with Crippen LogP contribution in [-0.2, 0) is 11.2 Å². The van der Waals surface area contributed by atoms with Gasteiger partial charge in [0.15, 0.2) is 0 Å². The lowest BCUT2D eigenvalue weighted by Crippen LogP contribution is -2.28. The Hall–Kier alpha value is -1.22. The minimum atomic E-state index is 0. The first-order chi connectivity index (χ1) is 8.16. The lowest BCUT2D eigenvalue weighted by molar-refractivity contribution is -0.130. The second-order valence-electron chi connectivity index (χ2n) is 4.93. The summed E-state index contributed by atoms with van der Waals surface area (Å²) < 4.78 is 0. The lowest BCUT2D eigenvalue weighted by atomic mass is 10.1. The molecule has 1 aromatic rings. The average Bonchev–Trinajstić information content (AvgIpc) is 2.74. The van der Waals surface area contributed by atoms with Crippen molar-refractivity contribution in [3.05, 3.63) is 29.8 Å². The standard InChI is InChI=1S/C14H20N2O.ClH/c1-11-8-9-16(10-11)14(17)7-6-12-4-2-3-5-13(12)15;/h2-5,11H,6-10,15H2,1H3;1H. The molecule has 1 fully saturated rings. The third-order valence-corrected chi connectivity index (χ3v) is 3.44. The fourth-order valence-corrected chi connectivity index (χ4v) is 2.32. The predicted octanol–water partition coefficient (Wildman–Crippen LogP) is 2.49. The van der Waals surface area contributed by atoms with E-state index in [0.29, 0.717) is 12.3 Å². The summed E-state index contributed by atoms with van der Waals surface area (Å²) in [4.78, 5) is 13.9. The van der Waals surface area contributed by atoms with Crippen LogP contribution < -0.4 is 5.73 Å².